The van der Waals surface area contributed by atoms with Crippen molar-refractivity contribution < 1.29 is 4.79 Å². The van der Waals surface area contributed by atoms with Gasteiger partial charge in [-0.25, -0.2) is 0 Å². The van der Waals surface area contributed by atoms with E-state index in [1.54, 1.807) is 18.8 Å². The fourth-order valence-electron chi connectivity index (χ4n) is 1.61. The molecule has 0 aliphatic carbocycles. The van der Waals surface area contributed by atoms with Crippen LogP contribution in [0.4, 0.5) is 10.7 Å². The molecule has 1 amide bonds. The van der Waals surface area contributed by atoms with Crippen molar-refractivity contribution in [2.24, 2.45) is 0 Å². The average Bonchev–Trinajstić information content (AvgIpc) is 2.67. The number of thiophene rings is 1. The van der Waals surface area contributed by atoms with Crippen LogP contribution in [0.1, 0.15) is 23.5 Å². The summed E-state index contributed by atoms with van der Waals surface area (Å²) in [4.78, 5) is 15.5. The van der Waals surface area contributed by atoms with E-state index in [9.17, 15) is 4.79 Å². The number of rotatable bonds is 5. The van der Waals surface area contributed by atoms with E-state index in [2.05, 4.69) is 24.1 Å². The van der Waals surface area contributed by atoms with E-state index in [1.807, 2.05) is 6.26 Å². The van der Waals surface area contributed by atoms with Crippen LogP contribution in [0.25, 0.3) is 0 Å². The summed E-state index contributed by atoms with van der Waals surface area (Å²) in [5, 5.41) is 3.72. The molecule has 0 saturated carbocycles. The van der Waals surface area contributed by atoms with Gasteiger partial charge in [-0.3, -0.25) is 4.79 Å². The topological polar surface area (TPSA) is 58.4 Å². The van der Waals surface area contributed by atoms with Gasteiger partial charge in [0, 0.05) is 20.1 Å². The predicted octanol–water partition coefficient (Wildman–Crippen LogP) is 2.26. The quantitative estimate of drug-likeness (QED) is 0.808. The van der Waals surface area contributed by atoms with Crippen molar-refractivity contribution >= 4 is 39.7 Å². The molecule has 4 nitrogen and oxygen atoms in total. The number of nitrogen functional groups attached to an aromatic ring is 1. The first-order valence-electron chi connectivity index (χ1n) is 5.53. The normalized spacial score (nSPS) is 10.4. The molecule has 1 rings (SSSR count). The number of hydrogen-bond acceptors (Lipinski definition) is 5. The molecule has 0 bridgehead atoms. The van der Waals surface area contributed by atoms with Gasteiger partial charge in [0.05, 0.1) is 10.6 Å². The zero-order chi connectivity index (χ0) is 13.0. The van der Waals surface area contributed by atoms with Gasteiger partial charge in [-0.15, -0.1) is 23.1 Å². The second-order valence-corrected chi connectivity index (χ2v) is 5.25. The second kappa shape index (κ2) is 6.16. The van der Waals surface area contributed by atoms with E-state index in [4.69, 9.17) is 5.73 Å². The van der Waals surface area contributed by atoms with Gasteiger partial charge in [0.1, 0.15) is 9.88 Å². The molecule has 0 saturated heterocycles. The minimum Gasteiger partial charge on any atom is -0.396 e. The Morgan fingerprint density at radius 2 is 2.06 bits per heavy atom. The molecular weight excluding hydrogens is 254 g/mol. The van der Waals surface area contributed by atoms with Crippen molar-refractivity contribution in [3.63, 3.8) is 0 Å². The predicted molar refractivity (Wildman–Crippen MR) is 77.5 cm³/mol. The van der Waals surface area contributed by atoms with Gasteiger partial charge in [0.25, 0.3) is 5.91 Å². The fourth-order valence-corrected chi connectivity index (χ4v) is 3.87. The number of nitrogens with two attached hydrogens (primary N) is 1. The van der Waals surface area contributed by atoms with E-state index in [-0.39, 0.29) is 5.91 Å². The number of amides is 1. The van der Waals surface area contributed by atoms with E-state index >= 15 is 0 Å². The van der Waals surface area contributed by atoms with Gasteiger partial charge in [-0.2, -0.15) is 0 Å². The third-order valence-electron chi connectivity index (χ3n) is 2.57. The van der Waals surface area contributed by atoms with Crippen LogP contribution in [0.2, 0.25) is 0 Å². The number of anilines is 2. The van der Waals surface area contributed by atoms with Crippen molar-refractivity contribution in [1.82, 2.24) is 5.32 Å². The molecule has 1 heterocycles. The van der Waals surface area contributed by atoms with E-state index in [1.165, 1.54) is 11.3 Å². The molecule has 17 heavy (non-hydrogen) atoms. The summed E-state index contributed by atoms with van der Waals surface area (Å²) in [6.07, 6.45) is 1.99. The van der Waals surface area contributed by atoms with Crippen LogP contribution in [-0.2, 0) is 0 Å². The smallest absolute Gasteiger partial charge is 0.263 e. The summed E-state index contributed by atoms with van der Waals surface area (Å²) in [6.45, 7) is 6.03. The second-order valence-electron chi connectivity index (χ2n) is 3.43. The molecule has 0 aliphatic rings. The van der Waals surface area contributed by atoms with Gasteiger partial charge in [0.15, 0.2) is 0 Å². The van der Waals surface area contributed by atoms with Crippen LogP contribution in [-0.4, -0.2) is 32.3 Å². The van der Waals surface area contributed by atoms with Gasteiger partial charge < -0.3 is 16.0 Å². The number of nitrogens with one attached hydrogen (secondary N) is 1. The Morgan fingerprint density at radius 3 is 2.47 bits per heavy atom. The maximum absolute atomic E-state index is 11.7. The Hall–Kier alpha value is -0.880. The van der Waals surface area contributed by atoms with Crippen molar-refractivity contribution in [3.8, 4) is 0 Å². The monoisotopic (exact) mass is 273 g/mol. The highest BCUT2D eigenvalue weighted by Gasteiger charge is 2.22. The lowest BCUT2D eigenvalue weighted by atomic mass is 10.3. The van der Waals surface area contributed by atoms with Crippen LogP contribution in [0.5, 0.6) is 0 Å². The third-order valence-corrected chi connectivity index (χ3v) is 4.79. The first kappa shape index (κ1) is 14.2. The highest BCUT2D eigenvalue weighted by Crippen LogP contribution is 2.43. The van der Waals surface area contributed by atoms with Crippen LogP contribution >= 0.6 is 23.1 Å². The molecule has 0 unspecified atom stereocenters. The van der Waals surface area contributed by atoms with Crippen molar-refractivity contribution in [1.29, 1.82) is 0 Å². The molecule has 0 atom stereocenters. The summed E-state index contributed by atoms with van der Waals surface area (Å²) in [5.41, 5.74) is 6.64. The summed E-state index contributed by atoms with van der Waals surface area (Å²) < 4.78 is 0. The Labute approximate surface area is 111 Å². The Morgan fingerprint density at radius 1 is 1.47 bits per heavy atom. The van der Waals surface area contributed by atoms with Gasteiger partial charge in [0.2, 0.25) is 0 Å². The van der Waals surface area contributed by atoms with Gasteiger partial charge in [-0.05, 0) is 20.1 Å². The number of thioether (sulfide) groups is 1. The highest BCUT2D eigenvalue weighted by atomic mass is 32.2. The van der Waals surface area contributed by atoms with Crippen molar-refractivity contribution in [3.05, 3.63) is 4.88 Å². The molecule has 6 heteroatoms. The molecule has 1 aromatic rings. The van der Waals surface area contributed by atoms with E-state index < -0.39 is 0 Å². The molecule has 1 aromatic heterocycles. The lowest BCUT2D eigenvalue weighted by molar-refractivity contribution is 0.0968. The lowest BCUT2D eigenvalue weighted by Gasteiger charge is -2.20. The molecule has 0 spiro atoms. The van der Waals surface area contributed by atoms with Crippen LogP contribution < -0.4 is 16.0 Å². The molecule has 96 valence electrons. The summed E-state index contributed by atoms with van der Waals surface area (Å²) in [6, 6.07) is 0. The number of nitrogens with zero attached hydrogens (tertiary/aromatic N) is 1. The Kier molecular flexibility index (Phi) is 5.14. The van der Waals surface area contributed by atoms with Crippen molar-refractivity contribution in [2.75, 3.05) is 37.0 Å². The molecule has 0 aromatic carbocycles. The highest BCUT2D eigenvalue weighted by molar-refractivity contribution is 7.99. The SMILES string of the molecule is CCN(CC)c1sc(C(=O)NC)c(N)c1SC. The zero-order valence-electron chi connectivity index (χ0n) is 10.7. The minimum atomic E-state index is -0.110. The fraction of sp³-hybridized carbons (Fsp3) is 0.545. The van der Waals surface area contributed by atoms with E-state index in [0.29, 0.717) is 10.6 Å². The largest absolute Gasteiger partial charge is 0.396 e. The van der Waals surface area contributed by atoms with Crippen molar-refractivity contribution in [2.45, 2.75) is 18.7 Å². The average molecular weight is 273 g/mol. The first-order chi connectivity index (χ1) is 8.10. The standard InChI is InChI=1S/C11H19N3OS2/c1-5-14(6-2)11-9(16-4)7(12)8(17-11)10(15)13-3/h5-6,12H2,1-4H3,(H,13,15). The number of carbonyl (C=O) groups excluding carboxylic acids is 1. The molecule has 3 N–H and O–H groups in total. The number of hydrogen-bond donors (Lipinski definition) is 2. The Balaban J connectivity index is 3.26. The van der Waals surface area contributed by atoms with Crippen LogP contribution in [0.15, 0.2) is 4.90 Å². The number of carbonyl (C=O) groups is 1. The van der Waals surface area contributed by atoms with E-state index in [0.717, 1.165) is 23.0 Å². The molecule has 0 fully saturated rings. The lowest BCUT2D eigenvalue weighted by Crippen LogP contribution is -2.21. The van der Waals surface area contributed by atoms with Crippen LogP contribution in [0, 0.1) is 0 Å². The van der Waals surface area contributed by atoms with Crippen LogP contribution in [0.3, 0.4) is 0 Å². The summed E-state index contributed by atoms with van der Waals surface area (Å²) in [5.74, 6) is -0.110. The first-order valence-corrected chi connectivity index (χ1v) is 7.57. The molecular formula is C11H19N3OS2. The summed E-state index contributed by atoms with van der Waals surface area (Å²) in [7, 11) is 1.62. The van der Waals surface area contributed by atoms with Gasteiger partial charge in [-0.1, -0.05) is 0 Å². The zero-order valence-corrected chi connectivity index (χ0v) is 12.3. The third kappa shape index (κ3) is 2.69. The Bertz CT molecular complexity index is 400. The maximum atomic E-state index is 11.7. The summed E-state index contributed by atoms with van der Waals surface area (Å²) >= 11 is 3.06. The molecule has 0 radical (unpaired) electrons. The minimum absolute atomic E-state index is 0.110. The van der Waals surface area contributed by atoms with Gasteiger partial charge >= 0.3 is 0 Å². The molecule has 0 aliphatic heterocycles. The maximum Gasteiger partial charge on any atom is 0.263 e.